The summed E-state index contributed by atoms with van der Waals surface area (Å²) in [6.45, 7) is 0. The van der Waals surface area contributed by atoms with Crippen LogP contribution in [0.3, 0.4) is 0 Å². The van der Waals surface area contributed by atoms with Crippen molar-refractivity contribution in [1.29, 1.82) is 0 Å². The van der Waals surface area contributed by atoms with Gasteiger partial charge in [0.05, 0.1) is 14.2 Å². The fourth-order valence-corrected chi connectivity index (χ4v) is 3.70. The van der Waals surface area contributed by atoms with Crippen molar-refractivity contribution >= 4 is 11.9 Å². The number of rotatable bonds is 10. The van der Waals surface area contributed by atoms with Crippen LogP contribution in [-0.2, 0) is 16.0 Å². The number of hydrogen-bond donors (Lipinski definition) is 2. The minimum Gasteiger partial charge on any atom is -0.497 e. The predicted octanol–water partition coefficient (Wildman–Crippen LogP) is 4.04. The summed E-state index contributed by atoms with van der Waals surface area (Å²) < 4.78 is 10.6. The van der Waals surface area contributed by atoms with Crippen LogP contribution in [0.1, 0.15) is 29.0 Å². The molecule has 3 aromatic rings. The minimum atomic E-state index is -1.11. The molecule has 6 nitrogen and oxygen atoms in total. The number of hydrogen-bond acceptors (Lipinski definition) is 4. The Labute approximate surface area is 187 Å². The van der Waals surface area contributed by atoms with Crippen LogP contribution in [0.2, 0.25) is 0 Å². The number of nitrogens with one attached hydrogen (secondary N) is 1. The number of amides is 1. The minimum absolute atomic E-state index is 0.0722. The maximum Gasteiger partial charge on any atom is 0.326 e. The zero-order valence-electron chi connectivity index (χ0n) is 18.2. The summed E-state index contributed by atoms with van der Waals surface area (Å²) in [4.78, 5) is 24.9. The number of benzene rings is 3. The Kier molecular flexibility index (Phi) is 7.86. The van der Waals surface area contributed by atoms with E-state index in [1.165, 1.54) is 14.2 Å². The number of carbonyl (C=O) groups excluding carboxylic acids is 1. The molecule has 0 fully saturated rings. The van der Waals surface area contributed by atoms with Crippen LogP contribution in [0.15, 0.2) is 78.9 Å². The number of ether oxygens (including phenoxy) is 2. The normalized spacial score (nSPS) is 11.6. The molecule has 0 bridgehead atoms. The molecule has 2 N–H and O–H groups in total. The fraction of sp³-hybridized carbons (Fsp3) is 0.231. The molecule has 1 unspecified atom stereocenters. The number of aliphatic carboxylic acids is 1. The first-order valence-corrected chi connectivity index (χ1v) is 10.3. The number of carboxylic acid groups (broad SMARTS) is 1. The highest BCUT2D eigenvalue weighted by atomic mass is 16.5. The molecule has 1 amide bonds. The standard InChI is InChI=1S/C26H27NO5/c1-31-21-13-14-24(32-2)20(15-21)16-23(26(29)30)27-25(28)17-22(18-9-5-3-6-10-18)19-11-7-4-8-12-19/h3-15,22-23H,16-17H2,1-2H3,(H,27,28)(H,29,30). The SMILES string of the molecule is COc1ccc(OC)c(CC(NC(=O)CC(c2ccccc2)c2ccccc2)C(=O)O)c1. The third kappa shape index (κ3) is 5.88. The second-order valence-corrected chi connectivity index (χ2v) is 7.42. The van der Waals surface area contributed by atoms with Crippen molar-refractivity contribution in [2.45, 2.75) is 24.8 Å². The quantitative estimate of drug-likeness (QED) is 0.504. The third-order valence-electron chi connectivity index (χ3n) is 5.34. The summed E-state index contributed by atoms with van der Waals surface area (Å²) in [5.74, 6) is -0.503. The summed E-state index contributed by atoms with van der Waals surface area (Å²) in [5.41, 5.74) is 2.63. The summed E-state index contributed by atoms with van der Waals surface area (Å²) in [6.07, 6.45) is 0.204. The molecule has 166 valence electrons. The smallest absolute Gasteiger partial charge is 0.326 e. The van der Waals surface area contributed by atoms with E-state index in [0.29, 0.717) is 17.1 Å². The van der Waals surface area contributed by atoms with E-state index >= 15 is 0 Å². The molecule has 0 aliphatic heterocycles. The summed E-state index contributed by atoms with van der Waals surface area (Å²) in [7, 11) is 3.05. The molecule has 0 heterocycles. The first kappa shape index (κ1) is 22.9. The first-order valence-electron chi connectivity index (χ1n) is 10.3. The monoisotopic (exact) mass is 433 g/mol. The molecule has 6 heteroatoms. The van der Waals surface area contributed by atoms with Gasteiger partial charge in [-0.25, -0.2) is 4.79 Å². The van der Waals surface area contributed by atoms with Crippen LogP contribution in [0.4, 0.5) is 0 Å². The van der Waals surface area contributed by atoms with Crippen LogP contribution in [-0.4, -0.2) is 37.2 Å². The summed E-state index contributed by atoms with van der Waals surface area (Å²) in [6, 6.07) is 23.5. The maximum atomic E-state index is 13.0. The molecule has 1 atom stereocenters. The van der Waals surface area contributed by atoms with Crippen molar-refractivity contribution in [2.75, 3.05) is 14.2 Å². The highest BCUT2D eigenvalue weighted by Gasteiger charge is 2.25. The van der Waals surface area contributed by atoms with Crippen molar-refractivity contribution in [2.24, 2.45) is 0 Å². The summed E-state index contributed by atoms with van der Waals surface area (Å²) in [5, 5.41) is 12.4. The molecule has 0 radical (unpaired) electrons. The maximum absolute atomic E-state index is 13.0. The van der Waals surface area contributed by atoms with Gasteiger partial charge in [-0.05, 0) is 29.3 Å². The Hall–Kier alpha value is -3.80. The molecule has 0 saturated carbocycles. The average Bonchev–Trinajstić information content (AvgIpc) is 2.83. The first-order chi connectivity index (χ1) is 15.5. The van der Waals surface area contributed by atoms with Crippen molar-refractivity contribution in [3.63, 3.8) is 0 Å². The molecule has 3 rings (SSSR count). The molecule has 0 aromatic heterocycles. The van der Waals surface area contributed by atoms with Gasteiger partial charge < -0.3 is 19.9 Å². The molecular formula is C26H27NO5. The predicted molar refractivity (Wildman–Crippen MR) is 122 cm³/mol. The Bertz CT molecular complexity index is 997. The van der Waals surface area contributed by atoms with Gasteiger partial charge in [0, 0.05) is 24.3 Å². The van der Waals surface area contributed by atoms with Crippen molar-refractivity contribution in [3.8, 4) is 11.5 Å². The van der Waals surface area contributed by atoms with Crippen LogP contribution in [0, 0.1) is 0 Å². The van der Waals surface area contributed by atoms with Crippen LogP contribution >= 0.6 is 0 Å². The topological polar surface area (TPSA) is 84.9 Å². The van der Waals surface area contributed by atoms with E-state index < -0.39 is 12.0 Å². The second-order valence-electron chi connectivity index (χ2n) is 7.42. The Balaban J connectivity index is 1.79. The Morgan fingerprint density at radius 2 is 1.47 bits per heavy atom. The zero-order valence-corrected chi connectivity index (χ0v) is 18.2. The van der Waals surface area contributed by atoms with Gasteiger partial charge in [0.25, 0.3) is 0 Å². The van der Waals surface area contributed by atoms with Gasteiger partial charge in [0.1, 0.15) is 17.5 Å². The van der Waals surface area contributed by atoms with Gasteiger partial charge in [-0.3, -0.25) is 4.79 Å². The lowest BCUT2D eigenvalue weighted by atomic mass is 9.88. The highest BCUT2D eigenvalue weighted by molar-refractivity contribution is 5.84. The van der Waals surface area contributed by atoms with Crippen molar-refractivity contribution in [1.82, 2.24) is 5.32 Å². The average molecular weight is 434 g/mol. The van der Waals surface area contributed by atoms with Gasteiger partial charge in [-0.15, -0.1) is 0 Å². The van der Waals surface area contributed by atoms with Gasteiger partial charge in [0.15, 0.2) is 0 Å². The number of methoxy groups -OCH3 is 2. The van der Waals surface area contributed by atoms with E-state index in [9.17, 15) is 14.7 Å². The van der Waals surface area contributed by atoms with Crippen molar-refractivity contribution < 1.29 is 24.2 Å². The van der Waals surface area contributed by atoms with Gasteiger partial charge >= 0.3 is 5.97 Å². The lowest BCUT2D eigenvalue weighted by Crippen LogP contribution is -2.42. The van der Waals surface area contributed by atoms with Crippen LogP contribution in [0.5, 0.6) is 11.5 Å². The highest BCUT2D eigenvalue weighted by Crippen LogP contribution is 2.28. The van der Waals surface area contributed by atoms with Crippen LogP contribution in [0.25, 0.3) is 0 Å². The molecule has 0 aliphatic rings. The van der Waals surface area contributed by atoms with Crippen LogP contribution < -0.4 is 14.8 Å². The van der Waals surface area contributed by atoms with Crippen molar-refractivity contribution in [3.05, 3.63) is 95.6 Å². The molecule has 32 heavy (non-hydrogen) atoms. The lowest BCUT2D eigenvalue weighted by Gasteiger charge is -2.21. The van der Waals surface area contributed by atoms with Gasteiger partial charge in [-0.1, -0.05) is 60.7 Å². The Morgan fingerprint density at radius 3 is 1.97 bits per heavy atom. The number of carboxylic acids is 1. The molecule has 0 aliphatic carbocycles. The van der Waals surface area contributed by atoms with E-state index in [1.807, 2.05) is 60.7 Å². The van der Waals surface area contributed by atoms with Gasteiger partial charge in [-0.2, -0.15) is 0 Å². The van der Waals surface area contributed by atoms with E-state index in [0.717, 1.165) is 11.1 Å². The zero-order chi connectivity index (χ0) is 22.9. The molecule has 0 spiro atoms. The molecule has 0 saturated heterocycles. The van der Waals surface area contributed by atoms with Gasteiger partial charge in [0.2, 0.25) is 5.91 Å². The third-order valence-corrected chi connectivity index (χ3v) is 5.34. The van der Waals surface area contributed by atoms with E-state index in [1.54, 1.807) is 18.2 Å². The van der Waals surface area contributed by atoms with E-state index in [2.05, 4.69) is 5.32 Å². The molecular weight excluding hydrogens is 406 g/mol. The molecule has 3 aromatic carbocycles. The Morgan fingerprint density at radius 1 is 0.875 bits per heavy atom. The number of carbonyl (C=O) groups is 2. The van der Waals surface area contributed by atoms with E-state index in [-0.39, 0.29) is 24.7 Å². The second kappa shape index (κ2) is 11.0. The fourth-order valence-electron chi connectivity index (χ4n) is 3.70. The lowest BCUT2D eigenvalue weighted by molar-refractivity contribution is -0.141. The largest absolute Gasteiger partial charge is 0.497 e. The van der Waals surface area contributed by atoms with E-state index in [4.69, 9.17) is 9.47 Å². The summed E-state index contributed by atoms with van der Waals surface area (Å²) >= 11 is 0.